The largest absolute Gasteiger partial charge is 0.383 e. The number of hydrogen-bond donors (Lipinski definition) is 3. The van der Waals surface area contributed by atoms with E-state index in [0.717, 1.165) is 36.0 Å². The van der Waals surface area contributed by atoms with E-state index < -0.39 is 0 Å². The topological polar surface area (TPSA) is 75.5 Å². The van der Waals surface area contributed by atoms with Crippen molar-refractivity contribution < 1.29 is 4.74 Å². The molecule has 0 amide bonds. The number of hydrogen-bond acceptors (Lipinski definition) is 4. The molecule has 0 bridgehead atoms. The zero-order chi connectivity index (χ0) is 17.9. The highest BCUT2D eigenvalue weighted by Gasteiger charge is 2.01. The molecule has 0 aliphatic heterocycles. The van der Waals surface area contributed by atoms with Crippen molar-refractivity contribution in [2.24, 2.45) is 12.0 Å². The van der Waals surface area contributed by atoms with Gasteiger partial charge in [0.25, 0.3) is 0 Å². The Labute approximate surface area is 172 Å². The zero-order valence-corrected chi connectivity index (χ0v) is 18.0. The maximum absolute atomic E-state index is 5.03. The highest BCUT2D eigenvalue weighted by molar-refractivity contribution is 14.0. The lowest BCUT2D eigenvalue weighted by Crippen LogP contribution is -2.37. The number of halogens is 1. The van der Waals surface area contributed by atoms with Gasteiger partial charge in [-0.2, -0.15) is 5.10 Å². The number of guanidine groups is 1. The van der Waals surface area contributed by atoms with Crippen LogP contribution in [0.25, 0.3) is 0 Å². The van der Waals surface area contributed by atoms with E-state index in [-0.39, 0.29) is 24.0 Å². The number of aryl methyl sites for hydroxylation is 1. The summed E-state index contributed by atoms with van der Waals surface area (Å²) in [7, 11) is 3.64. The number of aromatic nitrogens is 2. The molecular formula is C18H29IN6O. The summed E-state index contributed by atoms with van der Waals surface area (Å²) in [4.78, 5) is 4.64. The van der Waals surface area contributed by atoms with Crippen molar-refractivity contribution in [2.75, 3.05) is 32.1 Å². The summed E-state index contributed by atoms with van der Waals surface area (Å²) in [6, 6.07) is 10.3. The predicted molar refractivity (Wildman–Crippen MR) is 117 cm³/mol. The van der Waals surface area contributed by atoms with Crippen LogP contribution in [0.3, 0.4) is 0 Å². The molecule has 8 heteroatoms. The van der Waals surface area contributed by atoms with Gasteiger partial charge in [0, 0.05) is 39.1 Å². The molecule has 3 N–H and O–H groups in total. The van der Waals surface area contributed by atoms with Crippen LogP contribution < -0.4 is 16.0 Å². The number of benzene rings is 1. The molecule has 1 heterocycles. The molecule has 0 saturated heterocycles. The second kappa shape index (κ2) is 12.5. The van der Waals surface area contributed by atoms with Crippen LogP contribution in [-0.4, -0.2) is 42.5 Å². The van der Waals surface area contributed by atoms with Gasteiger partial charge in [0.15, 0.2) is 5.96 Å². The van der Waals surface area contributed by atoms with E-state index in [4.69, 9.17) is 4.74 Å². The van der Waals surface area contributed by atoms with Crippen LogP contribution in [0.5, 0.6) is 0 Å². The minimum absolute atomic E-state index is 0. The summed E-state index contributed by atoms with van der Waals surface area (Å²) in [6.07, 6.45) is 1.79. The van der Waals surface area contributed by atoms with Crippen molar-refractivity contribution in [1.29, 1.82) is 0 Å². The van der Waals surface area contributed by atoms with Gasteiger partial charge >= 0.3 is 0 Å². The summed E-state index contributed by atoms with van der Waals surface area (Å²) >= 11 is 0. The standard InChI is InChI=1S/C18H28N6O.HI/c1-4-19-18(22-14-17-9-10-23-24(17)2)21-13-15-5-7-16(8-6-15)20-11-12-25-3;/h5-10,20H,4,11-14H2,1-3H3,(H2,19,21,22);1H. The van der Waals surface area contributed by atoms with Crippen molar-refractivity contribution in [1.82, 2.24) is 20.4 Å². The van der Waals surface area contributed by atoms with E-state index in [9.17, 15) is 0 Å². The third-order valence-corrected chi connectivity index (χ3v) is 3.71. The van der Waals surface area contributed by atoms with E-state index in [1.54, 1.807) is 13.3 Å². The summed E-state index contributed by atoms with van der Waals surface area (Å²) in [5, 5.41) is 14.1. The first kappa shape index (κ1) is 22.2. The Morgan fingerprint density at radius 3 is 2.58 bits per heavy atom. The molecule has 1 aromatic heterocycles. The molecule has 7 nitrogen and oxygen atoms in total. The number of anilines is 1. The fourth-order valence-electron chi connectivity index (χ4n) is 2.29. The van der Waals surface area contributed by atoms with Gasteiger partial charge in [-0.25, -0.2) is 4.99 Å². The van der Waals surface area contributed by atoms with Gasteiger partial charge in [-0.05, 0) is 30.7 Å². The first-order valence-corrected chi connectivity index (χ1v) is 8.53. The highest BCUT2D eigenvalue weighted by atomic mass is 127. The lowest BCUT2D eigenvalue weighted by atomic mass is 10.2. The molecule has 26 heavy (non-hydrogen) atoms. The fourth-order valence-corrected chi connectivity index (χ4v) is 2.29. The maximum atomic E-state index is 5.03. The molecule has 0 radical (unpaired) electrons. The van der Waals surface area contributed by atoms with Crippen molar-refractivity contribution in [3.63, 3.8) is 0 Å². The summed E-state index contributed by atoms with van der Waals surface area (Å²) in [5.41, 5.74) is 3.36. The van der Waals surface area contributed by atoms with E-state index in [0.29, 0.717) is 19.7 Å². The van der Waals surface area contributed by atoms with Crippen molar-refractivity contribution in [3.8, 4) is 0 Å². The average molecular weight is 472 g/mol. The van der Waals surface area contributed by atoms with Crippen LogP contribution in [-0.2, 0) is 24.9 Å². The van der Waals surface area contributed by atoms with Crippen LogP contribution in [0.4, 0.5) is 5.69 Å². The van der Waals surface area contributed by atoms with Gasteiger partial charge < -0.3 is 20.7 Å². The van der Waals surface area contributed by atoms with Crippen molar-refractivity contribution >= 4 is 35.6 Å². The molecule has 144 valence electrons. The van der Waals surface area contributed by atoms with Crippen molar-refractivity contribution in [3.05, 3.63) is 47.8 Å². The Morgan fingerprint density at radius 1 is 1.19 bits per heavy atom. The molecule has 0 aliphatic carbocycles. The molecule has 0 fully saturated rings. The molecule has 0 spiro atoms. The second-order valence-electron chi connectivity index (χ2n) is 5.61. The summed E-state index contributed by atoms with van der Waals surface area (Å²) in [5.74, 6) is 0.797. The Kier molecular flexibility index (Phi) is 10.7. The van der Waals surface area contributed by atoms with E-state index in [1.807, 2.05) is 17.8 Å². The number of aliphatic imine (C=N–C) groups is 1. The number of methoxy groups -OCH3 is 1. The number of nitrogens with zero attached hydrogens (tertiary/aromatic N) is 3. The van der Waals surface area contributed by atoms with Crippen LogP contribution in [0.1, 0.15) is 18.2 Å². The first-order chi connectivity index (χ1) is 12.2. The maximum Gasteiger partial charge on any atom is 0.191 e. The van der Waals surface area contributed by atoms with Crippen LogP contribution in [0.2, 0.25) is 0 Å². The quantitative estimate of drug-likeness (QED) is 0.226. The monoisotopic (exact) mass is 472 g/mol. The third-order valence-electron chi connectivity index (χ3n) is 3.71. The Hall–Kier alpha value is -1.81. The first-order valence-electron chi connectivity index (χ1n) is 8.53. The molecule has 2 aromatic rings. The molecule has 0 saturated carbocycles. The number of ether oxygens (including phenoxy) is 1. The smallest absolute Gasteiger partial charge is 0.191 e. The number of rotatable bonds is 9. The number of nitrogens with one attached hydrogen (secondary N) is 3. The average Bonchev–Trinajstić information content (AvgIpc) is 3.04. The minimum atomic E-state index is 0. The molecular weight excluding hydrogens is 443 g/mol. The summed E-state index contributed by atoms with van der Waals surface area (Å²) < 4.78 is 6.89. The van der Waals surface area contributed by atoms with Gasteiger partial charge in [0.05, 0.1) is 25.4 Å². The van der Waals surface area contributed by atoms with Gasteiger partial charge in [0.2, 0.25) is 0 Å². The van der Waals surface area contributed by atoms with E-state index in [1.165, 1.54) is 0 Å². The van der Waals surface area contributed by atoms with Crippen LogP contribution in [0, 0.1) is 0 Å². The Balaban J connectivity index is 0.00000338. The van der Waals surface area contributed by atoms with Crippen molar-refractivity contribution in [2.45, 2.75) is 20.0 Å². The SMILES string of the molecule is CCNC(=NCc1ccc(NCCOC)cc1)NCc1ccnn1C.I. The molecule has 0 aliphatic rings. The van der Waals surface area contributed by atoms with Crippen LogP contribution >= 0.6 is 24.0 Å². The lowest BCUT2D eigenvalue weighted by Gasteiger charge is -2.11. The van der Waals surface area contributed by atoms with Gasteiger partial charge in [-0.3, -0.25) is 4.68 Å². The lowest BCUT2D eigenvalue weighted by molar-refractivity contribution is 0.211. The van der Waals surface area contributed by atoms with Gasteiger partial charge in [-0.1, -0.05) is 12.1 Å². The Morgan fingerprint density at radius 2 is 1.96 bits per heavy atom. The fraction of sp³-hybridized carbons (Fsp3) is 0.444. The van der Waals surface area contributed by atoms with Gasteiger partial charge in [-0.15, -0.1) is 24.0 Å². The van der Waals surface area contributed by atoms with E-state index >= 15 is 0 Å². The predicted octanol–water partition coefficient (Wildman–Crippen LogP) is 2.35. The van der Waals surface area contributed by atoms with Gasteiger partial charge in [0.1, 0.15) is 0 Å². The highest BCUT2D eigenvalue weighted by Crippen LogP contribution is 2.10. The molecule has 1 aromatic carbocycles. The summed E-state index contributed by atoms with van der Waals surface area (Å²) in [6.45, 7) is 5.68. The van der Waals surface area contributed by atoms with E-state index in [2.05, 4.69) is 57.2 Å². The Bertz CT molecular complexity index is 656. The molecule has 0 atom stereocenters. The third kappa shape index (κ3) is 7.61. The van der Waals surface area contributed by atoms with Crippen LogP contribution in [0.15, 0.2) is 41.5 Å². The normalized spacial score (nSPS) is 11.0. The zero-order valence-electron chi connectivity index (χ0n) is 15.7. The second-order valence-corrected chi connectivity index (χ2v) is 5.61. The minimum Gasteiger partial charge on any atom is -0.383 e. The molecule has 0 unspecified atom stereocenters. The molecule has 2 rings (SSSR count).